The summed E-state index contributed by atoms with van der Waals surface area (Å²) in [6.45, 7) is 6.88. The van der Waals surface area contributed by atoms with Crippen LogP contribution in [0.3, 0.4) is 0 Å². The highest BCUT2D eigenvalue weighted by atomic mass is 16.5. The van der Waals surface area contributed by atoms with E-state index in [0.717, 1.165) is 26.1 Å². The lowest BCUT2D eigenvalue weighted by Gasteiger charge is -2.37. The van der Waals surface area contributed by atoms with Gasteiger partial charge in [-0.1, -0.05) is 26.0 Å². The van der Waals surface area contributed by atoms with Gasteiger partial charge in [-0.15, -0.1) is 0 Å². The predicted octanol–water partition coefficient (Wildman–Crippen LogP) is 2.16. The van der Waals surface area contributed by atoms with Crippen LogP contribution in [0.1, 0.15) is 30.6 Å². The zero-order chi connectivity index (χ0) is 14.5. The van der Waals surface area contributed by atoms with Crippen LogP contribution < -0.4 is 10.1 Å². The van der Waals surface area contributed by atoms with Crippen LogP contribution in [0.15, 0.2) is 24.3 Å². The van der Waals surface area contributed by atoms with Gasteiger partial charge in [0.25, 0.3) is 5.91 Å². The summed E-state index contributed by atoms with van der Waals surface area (Å²) in [5.74, 6) is 1.31. The molecular formula is C16H24N2O2. The van der Waals surface area contributed by atoms with Gasteiger partial charge in [-0.25, -0.2) is 0 Å². The summed E-state index contributed by atoms with van der Waals surface area (Å²) in [4.78, 5) is 14.8. The van der Waals surface area contributed by atoms with Gasteiger partial charge >= 0.3 is 0 Å². The lowest BCUT2D eigenvalue weighted by atomic mass is 9.99. The van der Waals surface area contributed by atoms with Crippen molar-refractivity contribution in [3.8, 4) is 5.75 Å². The summed E-state index contributed by atoms with van der Waals surface area (Å²) >= 11 is 0. The van der Waals surface area contributed by atoms with E-state index in [0.29, 0.717) is 17.2 Å². The van der Waals surface area contributed by atoms with Gasteiger partial charge < -0.3 is 15.0 Å². The standard InChI is InChI=1S/C16H24N2O2/c1-12(2)10-13-11-17-8-9-18(13)16(19)14-6-4-5-7-15(14)20-3/h4-7,12-13,17H,8-11H2,1-3H3. The molecule has 1 N–H and O–H groups in total. The second-order valence-electron chi connectivity index (χ2n) is 5.69. The maximum atomic E-state index is 12.8. The summed E-state index contributed by atoms with van der Waals surface area (Å²) in [7, 11) is 1.61. The van der Waals surface area contributed by atoms with Crippen molar-refractivity contribution in [3.05, 3.63) is 29.8 Å². The first-order chi connectivity index (χ1) is 9.63. The minimum Gasteiger partial charge on any atom is -0.496 e. The Labute approximate surface area is 121 Å². The smallest absolute Gasteiger partial charge is 0.257 e. The first-order valence-corrected chi connectivity index (χ1v) is 7.28. The van der Waals surface area contributed by atoms with E-state index in [1.165, 1.54) is 0 Å². The second kappa shape index (κ2) is 6.75. The summed E-state index contributed by atoms with van der Waals surface area (Å²) in [5, 5.41) is 3.38. The predicted molar refractivity (Wildman–Crippen MR) is 80.1 cm³/mol. The molecule has 4 nitrogen and oxygen atoms in total. The maximum Gasteiger partial charge on any atom is 0.257 e. The molecule has 1 atom stereocenters. The van der Waals surface area contributed by atoms with E-state index in [9.17, 15) is 4.79 Å². The van der Waals surface area contributed by atoms with Crippen molar-refractivity contribution in [2.75, 3.05) is 26.7 Å². The molecule has 2 rings (SSSR count). The maximum absolute atomic E-state index is 12.8. The Bertz CT molecular complexity index is 460. The molecule has 1 amide bonds. The molecule has 1 aliphatic rings. The van der Waals surface area contributed by atoms with E-state index in [1.54, 1.807) is 7.11 Å². The minimum atomic E-state index is 0.0783. The molecule has 20 heavy (non-hydrogen) atoms. The Morgan fingerprint density at radius 1 is 1.45 bits per heavy atom. The molecule has 1 fully saturated rings. The fourth-order valence-electron chi connectivity index (χ4n) is 2.76. The van der Waals surface area contributed by atoms with Crippen molar-refractivity contribution >= 4 is 5.91 Å². The van der Waals surface area contributed by atoms with Crippen molar-refractivity contribution in [1.29, 1.82) is 0 Å². The van der Waals surface area contributed by atoms with Crippen LogP contribution in [-0.2, 0) is 0 Å². The molecule has 110 valence electrons. The van der Waals surface area contributed by atoms with Gasteiger partial charge in [0.1, 0.15) is 5.75 Å². The minimum absolute atomic E-state index is 0.0783. The van der Waals surface area contributed by atoms with Gasteiger partial charge in [0.15, 0.2) is 0 Å². The van der Waals surface area contributed by atoms with Crippen LogP contribution in [0.5, 0.6) is 5.75 Å². The normalized spacial score (nSPS) is 19.2. The van der Waals surface area contributed by atoms with Crippen LogP contribution >= 0.6 is 0 Å². The first-order valence-electron chi connectivity index (χ1n) is 7.28. The quantitative estimate of drug-likeness (QED) is 0.916. The number of nitrogens with zero attached hydrogens (tertiary/aromatic N) is 1. The third kappa shape index (κ3) is 3.31. The average molecular weight is 276 g/mol. The van der Waals surface area contributed by atoms with Crippen LogP contribution in [0.4, 0.5) is 0 Å². The number of para-hydroxylation sites is 1. The number of nitrogens with one attached hydrogen (secondary N) is 1. The van der Waals surface area contributed by atoms with E-state index < -0.39 is 0 Å². The molecule has 0 aromatic heterocycles. The topological polar surface area (TPSA) is 41.6 Å². The average Bonchev–Trinajstić information content (AvgIpc) is 2.46. The molecule has 4 heteroatoms. The molecular weight excluding hydrogens is 252 g/mol. The number of piperazine rings is 1. The number of amides is 1. The molecule has 0 saturated carbocycles. The highest BCUT2D eigenvalue weighted by Crippen LogP contribution is 2.22. The summed E-state index contributed by atoms with van der Waals surface area (Å²) in [5.41, 5.74) is 0.658. The molecule has 0 bridgehead atoms. The van der Waals surface area contributed by atoms with E-state index in [4.69, 9.17) is 4.74 Å². The summed E-state index contributed by atoms with van der Waals surface area (Å²) < 4.78 is 5.31. The van der Waals surface area contributed by atoms with Gasteiger partial charge in [-0.2, -0.15) is 0 Å². The molecule has 0 spiro atoms. The van der Waals surface area contributed by atoms with Gasteiger partial charge in [0.2, 0.25) is 0 Å². The fourth-order valence-corrected chi connectivity index (χ4v) is 2.76. The van der Waals surface area contributed by atoms with Gasteiger partial charge in [0.05, 0.1) is 12.7 Å². The van der Waals surface area contributed by atoms with E-state index in [1.807, 2.05) is 29.2 Å². The monoisotopic (exact) mass is 276 g/mol. The molecule has 0 aliphatic carbocycles. The number of hydrogen-bond donors (Lipinski definition) is 1. The molecule has 1 heterocycles. The van der Waals surface area contributed by atoms with Crippen molar-refractivity contribution in [2.45, 2.75) is 26.3 Å². The van der Waals surface area contributed by atoms with Crippen LogP contribution in [0.2, 0.25) is 0 Å². The van der Waals surface area contributed by atoms with E-state index in [-0.39, 0.29) is 11.9 Å². The van der Waals surface area contributed by atoms with Crippen LogP contribution in [-0.4, -0.2) is 43.6 Å². The number of benzene rings is 1. The molecule has 1 unspecified atom stereocenters. The first kappa shape index (κ1) is 14.9. The zero-order valence-corrected chi connectivity index (χ0v) is 12.6. The van der Waals surface area contributed by atoms with Gasteiger partial charge in [-0.05, 0) is 24.5 Å². The lowest BCUT2D eigenvalue weighted by molar-refractivity contribution is 0.0606. The van der Waals surface area contributed by atoms with Crippen molar-refractivity contribution in [2.24, 2.45) is 5.92 Å². The highest BCUT2D eigenvalue weighted by molar-refractivity contribution is 5.97. The number of ether oxygens (including phenoxy) is 1. The van der Waals surface area contributed by atoms with Gasteiger partial charge in [0, 0.05) is 25.7 Å². The third-order valence-corrected chi connectivity index (χ3v) is 3.69. The van der Waals surface area contributed by atoms with E-state index in [2.05, 4.69) is 19.2 Å². The van der Waals surface area contributed by atoms with Crippen LogP contribution in [0.25, 0.3) is 0 Å². The van der Waals surface area contributed by atoms with Crippen molar-refractivity contribution in [1.82, 2.24) is 10.2 Å². The molecule has 1 aromatic carbocycles. The van der Waals surface area contributed by atoms with Crippen molar-refractivity contribution < 1.29 is 9.53 Å². The Hall–Kier alpha value is -1.55. The molecule has 1 saturated heterocycles. The number of carbonyl (C=O) groups excluding carboxylic acids is 1. The van der Waals surface area contributed by atoms with Crippen LogP contribution in [0, 0.1) is 5.92 Å². The Balaban J connectivity index is 2.20. The third-order valence-electron chi connectivity index (χ3n) is 3.69. The van der Waals surface area contributed by atoms with Crippen molar-refractivity contribution in [3.63, 3.8) is 0 Å². The highest BCUT2D eigenvalue weighted by Gasteiger charge is 2.29. The number of rotatable bonds is 4. The molecule has 0 radical (unpaired) electrons. The number of methoxy groups -OCH3 is 1. The Kier molecular flexibility index (Phi) is 5.01. The largest absolute Gasteiger partial charge is 0.496 e. The lowest BCUT2D eigenvalue weighted by Crippen LogP contribution is -2.54. The Morgan fingerprint density at radius 2 is 2.20 bits per heavy atom. The molecule has 1 aliphatic heterocycles. The van der Waals surface area contributed by atoms with E-state index >= 15 is 0 Å². The van der Waals surface area contributed by atoms with Gasteiger partial charge in [-0.3, -0.25) is 4.79 Å². The number of hydrogen-bond acceptors (Lipinski definition) is 3. The zero-order valence-electron chi connectivity index (χ0n) is 12.6. The summed E-state index contributed by atoms with van der Waals surface area (Å²) in [6, 6.07) is 7.72. The number of carbonyl (C=O) groups is 1. The SMILES string of the molecule is COc1ccccc1C(=O)N1CCNCC1CC(C)C. The summed E-state index contributed by atoms with van der Waals surface area (Å²) in [6.07, 6.45) is 1.02. The Morgan fingerprint density at radius 3 is 2.90 bits per heavy atom. The molecule has 1 aromatic rings. The fraction of sp³-hybridized carbons (Fsp3) is 0.562. The second-order valence-corrected chi connectivity index (χ2v) is 5.69.